The van der Waals surface area contributed by atoms with Crippen LogP contribution in [0.2, 0.25) is 0 Å². The summed E-state index contributed by atoms with van der Waals surface area (Å²) < 4.78 is 18.8. The average Bonchev–Trinajstić information content (AvgIpc) is 3.22. The fourth-order valence-corrected chi connectivity index (χ4v) is 3.72. The third-order valence-electron chi connectivity index (χ3n) is 5.25. The van der Waals surface area contributed by atoms with E-state index in [0.29, 0.717) is 18.7 Å². The summed E-state index contributed by atoms with van der Waals surface area (Å²) in [5.41, 5.74) is 2.67. The molecule has 1 aromatic heterocycles. The Kier molecular flexibility index (Phi) is 5.03. The zero-order chi connectivity index (χ0) is 18.8. The smallest absolute Gasteiger partial charge is 0.227 e. The number of amides is 1. The van der Waals surface area contributed by atoms with Gasteiger partial charge >= 0.3 is 0 Å². The van der Waals surface area contributed by atoms with Crippen molar-refractivity contribution in [2.24, 2.45) is 0 Å². The minimum absolute atomic E-state index is 0.0215. The zero-order valence-corrected chi connectivity index (χ0v) is 15.4. The monoisotopic (exact) mass is 370 g/mol. The van der Waals surface area contributed by atoms with E-state index in [1.54, 1.807) is 17.0 Å². The fraction of sp³-hybridized carbons (Fsp3) is 0.450. The van der Waals surface area contributed by atoms with Gasteiger partial charge in [0.2, 0.25) is 5.91 Å². The van der Waals surface area contributed by atoms with Crippen LogP contribution in [0, 0.1) is 5.82 Å². The van der Waals surface area contributed by atoms with E-state index in [1.807, 2.05) is 6.20 Å². The van der Waals surface area contributed by atoms with Crippen LogP contribution >= 0.6 is 0 Å². The van der Waals surface area contributed by atoms with Gasteiger partial charge in [-0.25, -0.2) is 14.4 Å². The van der Waals surface area contributed by atoms with Gasteiger partial charge in [-0.05, 0) is 37.1 Å². The molecule has 1 fully saturated rings. The summed E-state index contributed by atoms with van der Waals surface area (Å²) in [4.78, 5) is 23.7. The molecular weight excluding hydrogens is 347 g/mol. The molecular formula is C20H23FN4O2. The number of aromatic nitrogens is 2. The van der Waals surface area contributed by atoms with E-state index in [0.717, 1.165) is 42.9 Å². The normalized spacial score (nSPS) is 19.0. The highest BCUT2D eigenvalue weighted by atomic mass is 19.1. The van der Waals surface area contributed by atoms with Crippen molar-refractivity contribution in [1.82, 2.24) is 20.2 Å². The number of benzene rings is 1. The molecule has 4 rings (SSSR count). The second kappa shape index (κ2) is 7.60. The molecule has 1 amide bonds. The Labute approximate surface area is 157 Å². The van der Waals surface area contributed by atoms with Gasteiger partial charge in [-0.2, -0.15) is 0 Å². The molecule has 2 aliphatic rings. The Bertz CT molecular complexity index is 852. The van der Waals surface area contributed by atoms with Crippen molar-refractivity contribution in [1.29, 1.82) is 0 Å². The van der Waals surface area contributed by atoms with E-state index in [1.165, 1.54) is 13.2 Å². The number of nitrogens with one attached hydrogen (secondary N) is 1. The average molecular weight is 370 g/mol. The SMILES string of the molecule is COc1ccc(CC(=O)N2CCc3nc(C4CCCN4)ncc3C2)cc1F. The fourth-order valence-electron chi connectivity index (χ4n) is 3.72. The maximum atomic E-state index is 13.8. The zero-order valence-electron chi connectivity index (χ0n) is 15.4. The molecule has 3 heterocycles. The number of hydrogen-bond donors (Lipinski definition) is 1. The molecule has 1 N–H and O–H groups in total. The second-order valence-electron chi connectivity index (χ2n) is 7.06. The van der Waals surface area contributed by atoms with Crippen LogP contribution in [0.4, 0.5) is 4.39 Å². The van der Waals surface area contributed by atoms with Crippen molar-refractivity contribution in [2.75, 3.05) is 20.2 Å². The Balaban J connectivity index is 1.42. The van der Waals surface area contributed by atoms with Gasteiger partial charge < -0.3 is 15.0 Å². The van der Waals surface area contributed by atoms with Crippen LogP contribution in [0.25, 0.3) is 0 Å². The van der Waals surface area contributed by atoms with Crippen LogP contribution < -0.4 is 10.1 Å². The number of rotatable bonds is 4. The number of halogens is 1. The van der Waals surface area contributed by atoms with Crippen LogP contribution in [-0.4, -0.2) is 41.0 Å². The number of fused-ring (bicyclic) bond motifs is 1. The van der Waals surface area contributed by atoms with E-state index >= 15 is 0 Å². The number of nitrogens with zero attached hydrogens (tertiary/aromatic N) is 3. The lowest BCUT2D eigenvalue weighted by molar-refractivity contribution is -0.131. The van der Waals surface area contributed by atoms with Crippen molar-refractivity contribution in [3.63, 3.8) is 0 Å². The minimum atomic E-state index is -0.451. The van der Waals surface area contributed by atoms with Crippen LogP contribution in [0.1, 0.15) is 41.5 Å². The summed E-state index contributed by atoms with van der Waals surface area (Å²) in [6, 6.07) is 4.89. The molecule has 1 aromatic carbocycles. The van der Waals surface area contributed by atoms with E-state index in [9.17, 15) is 9.18 Å². The molecule has 27 heavy (non-hydrogen) atoms. The summed E-state index contributed by atoms with van der Waals surface area (Å²) in [6.07, 6.45) is 4.97. The van der Waals surface area contributed by atoms with Crippen LogP contribution in [0.15, 0.2) is 24.4 Å². The first-order valence-electron chi connectivity index (χ1n) is 9.32. The van der Waals surface area contributed by atoms with E-state index in [4.69, 9.17) is 9.72 Å². The van der Waals surface area contributed by atoms with Gasteiger partial charge in [0.05, 0.1) is 25.3 Å². The number of hydrogen-bond acceptors (Lipinski definition) is 5. The highest BCUT2D eigenvalue weighted by Gasteiger charge is 2.25. The summed E-state index contributed by atoms with van der Waals surface area (Å²) >= 11 is 0. The molecule has 0 aliphatic carbocycles. The molecule has 7 heteroatoms. The van der Waals surface area contributed by atoms with E-state index in [2.05, 4.69) is 10.3 Å². The largest absolute Gasteiger partial charge is 0.494 e. The van der Waals surface area contributed by atoms with Gasteiger partial charge in [0.25, 0.3) is 0 Å². The first-order chi connectivity index (χ1) is 13.1. The number of ether oxygens (including phenoxy) is 1. The van der Waals surface area contributed by atoms with Crippen LogP contribution in [-0.2, 0) is 24.2 Å². The topological polar surface area (TPSA) is 67.3 Å². The lowest BCUT2D eigenvalue weighted by atomic mass is 10.0. The van der Waals surface area contributed by atoms with Crippen LogP contribution in [0.5, 0.6) is 5.75 Å². The van der Waals surface area contributed by atoms with Gasteiger partial charge in [-0.15, -0.1) is 0 Å². The molecule has 0 saturated carbocycles. The Morgan fingerprint density at radius 2 is 2.33 bits per heavy atom. The number of carbonyl (C=O) groups is 1. The second-order valence-corrected chi connectivity index (χ2v) is 7.06. The molecule has 2 aromatic rings. The summed E-state index contributed by atoms with van der Waals surface area (Å²) in [5, 5.41) is 3.42. The Hall–Kier alpha value is -2.54. The quantitative estimate of drug-likeness (QED) is 0.894. The van der Waals surface area contributed by atoms with Crippen molar-refractivity contribution >= 4 is 5.91 Å². The van der Waals surface area contributed by atoms with Crippen molar-refractivity contribution in [3.05, 3.63) is 52.9 Å². The standard InChI is InChI=1S/C20H23FN4O2/c1-27-18-5-4-13(9-15(18)21)10-19(26)25-8-6-16-14(12-25)11-23-20(24-16)17-3-2-7-22-17/h4-5,9,11,17,22H,2-3,6-8,10,12H2,1H3. The van der Waals surface area contributed by atoms with E-state index in [-0.39, 0.29) is 24.1 Å². The highest BCUT2D eigenvalue weighted by molar-refractivity contribution is 5.79. The van der Waals surface area contributed by atoms with Gasteiger partial charge in [0.1, 0.15) is 5.82 Å². The minimum Gasteiger partial charge on any atom is -0.494 e. The van der Waals surface area contributed by atoms with Crippen molar-refractivity contribution < 1.29 is 13.9 Å². The molecule has 1 saturated heterocycles. The predicted molar refractivity (Wildman–Crippen MR) is 97.8 cm³/mol. The maximum absolute atomic E-state index is 13.8. The van der Waals surface area contributed by atoms with Gasteiger partial charge in [0.15, 0.2) is 11.6 Å². The Morgan fingerprint density at radius 1 is 1.44 bits per heavy atom. The molecule has 1 atom stereocenters. The molecule has 6 nitrogen and oxygen atoms in total. The first-order valence-corrected chi connectivity index (χ1v) is 9.32. The number of carbonyl (C=O) groups excluding carboxylic acids is 1. The molecule has 0 spiro atoms. The van der Waals surface area contributed by atoms with Gasteiger partial charge in [0, 0.05) is 31.3 Å². The highest BCUT2D eigenvalue weighted by Crippen LogP contribution is 2.24. The predicted octanol–water partition coefficient (Wildman–Crippen LogP) is 2.18. The number of methoxy groups -OCH3 is 1. The summed E-state index contributed by atoms with van der Waals surface area (Å²) in [5.74, 6) is 0.572. The molecule has 1 unspecified atom stereocenters. The summed E-state index contributed by atoms with van der Waals surface area (Å²) in [7, 11) is 1.42. The molecule has 0 radical (unpaired) electrons. The van der Waals surface area contributed by atoms with E-state index < -0.39 is 5.82 Å². The van der Waals surface area contributed by atoms with Gasteiger partial charge in [-0.1, -0.05) is 6.07 Å². The third kappa shape index (κ3) is 3.78. The van der Waals surface area contributed by atoms with Crippen molar-refractivity contribution in [2.45, 2.75) is 38.3 Å². The molecule has 2 aliphatic heterocycles. The lowest BCUT2D eigenvalue weighted by Gasteiger charge is -2.28. The lowest BCUT2D eigenvalue weighted by Crippen LogP contribution is -2.37. The maximum Gasteiger partial charge on any atom is 0.227 e. The summed E-state index contributed by atoms with van der Waals surface area (Å²) in [6.45, 7) is 2.14. The van der Waals surface area contributed by atoms with Crippen molar-refractivity contribution in [3.8, 4) is 5.75 Å². The molecule has 142 valence electrons. The molecule has 0 bridgehead atoms. The first kappa shape index (κ1) is 17.9. The van der Waals surface area contributed by atoms with Crippen LogP contribution in [0.3, 0.4) is 0 Å². The Morgan fingerprint density at radius 3 is 3.07 bits per heavy atom. The van der Waals surface area contributed by atoms with Gasteiger partial charge in [-0.3, -0.25) is 4.79 Å². The third-order valence-corrected chi connectivity index (χ3v) is 5.25.